The molecule has 0 aromatic heterocycles. The topological polar surface area (TPSA) is 85.4 Å². The van der Waals surface area contributed by atoms with Gasteiger partial charge in [-0.1, -0.05) is 12.1 Å². The number of methoxy groups -OCH3 is 2. The average molecular weight is 442 g/mol. The van der Waals surface area contributed by atoms with E-state index in [1.807, 2.05) is 30.3 Å². The van der Waals surface area contributed by atoms with Crippen molar-refractivity contribution in [2.45, 2.75) is 0 Å². The number of carbonyl (C=O) groups excluding carboxylic acids is 3. The first kappa shape index (κ1) is 21.2. The molecule has 3 amide bonds. The van der Waals surface area contributed by atoms with Gasteiger partial charge in [0.25, 0.3) is 11.1 Å². The quantitative estimate of drug-likeness (QED) is 0.658. The highest BCUT2D eigenvalue weighted by molar-refractivity contribution is 8.18. The molecule has 31 heavy (non-hydrogen) atoms. The predicted octanol–water partition coefficient (Wildman–Crippen LogP) is 2.75. The SMILES string of the molecule is COc1ccc2ccc(OC)c(/C=C3/SC(=O)N(CC(=O)N4CCOCC4)C3=O)c2c1. The van der Waals surface area contributed by atoms with Crippen LogP contribution in [-0.4, -0.2) is 73.9 Å². The third kappa shape index (κ3) is 4.24. The molecule has 8 nitrogen and oxygen atoms in total. The zero-order chi connectivity index (χ0) is 22.0. The van der Waals surface area contributed by atoms with Gasteiger partial charge in [-0.3, -0.25) is 19.3 Å². The lowest BCUT2D eigenvalue weighted by Gasteiger charge is -2.28. The van der Waals surface area contributed by atoms with Crippen molar-refractivity contribution in [3.8, 4) is 11.5 Å². The summed E-state index contributed by atoms with van der Waals surface area (Å²) in [7, 11) is 3.13. The summed E-state index contributed by atoms with van der Waals surface area (Å²) in [5.74, 6) is 0.481. The summed E-state index contributed by atoms with van der Waals surface area (Å²) in [4.78, 5) is 40.8. The maximum absolute atomic E-state index is 13.0. The number of amides is 3. The van der Waals surface area contributed by atoms with Gasteiger partial charge in [0.2, 0.25) is 5.91 Å². The predicted molar refractivity (Wildman–Crippen MR) is 117 cm³/mol. The largest absolute Gasteiger partial charge is 0.497 e. The normalized spacial score (nSPS) is 18.2. The minimum atomic E-state index is -0.487. The number of imide groups is 1. The molecule has 9 heteroatoms. The van der Waals surface area contributed by atoms with Crippen LogP contribution in [0.3, 0.4) is 0 Å². The molecule has 2 aliphatic rings. The van der Waals surface area contributed by atoms with Crippen LogP contribution < -0.4 is 9.47 Å². The number of rotatable bonds is 5. The van der Waals surface area contributed by atoms with Crippen molar-refractivity contribution < 1.29 is 28.6 Å². The summed E-state index contributed by atoms with van der Waals surface area (Å²) in [6.07, 6.45) is 1.64. The molecule has 2 saturated heterocycles. The molecule has 2 heterocycles. The van der Waals surface area contributed by atoms with Gasteiger partial charge in [-0.15, -0.1) is 0 Å². The minimum Gasteiger partial charge on any atom is -0.497 e. The standard InChI is InChI=1S/C22H22N2O6S/c1-28-15-5-3-14-4-6-18(29-2)17(16(14)11-15)12-19-21(26)24(22(27)31-19)13-20(25)23-7-9-30-10-8-23/h3-6,11-12H,7-10,13H2,1-2H3/b19-12+. The van der Waals surface area contributed by atoms with E-state index < -0.39 is 11.1 Å². The molecule has 2 aromatic rings. The zero-order valence-electron chi connectivity index (χ0n) is 17.3. The van der Waals surface area contributed by atoms with Crippen LogP contribution in [0.5, 0.6) is 11.5 Å². The molecule has 0 spiro atoms. The van der Waals surface area contributed by atoms with Crippen LogP contribution >= 0.6 is 11.8 Å². The van der Waals surface area contributed by atoms with Crippen LogP contribution in [0, 0.1) is 0 Å². The van der Waals surface area contributed by atoms with Gasteiger partial charge in [-0.05, 0) is 46.8 Å². The molecule has 0 aliphatic carbocycles. The highest BCUT2D eigenvalue weighted by Crippen LogP contribution is 2.37. The van der Waals surface area contributed by atoms with E-state index in [2.05, 4.69) is 0 Å². The number of ether oxygens (including phenoxy) is 3. The fraction of sp³-hybridized carbons (Fsp3) is 0.318. The molecular weight excluding hydrogens is 420 g/mol. The van der Waals surface area contributed by atoms with Crippen molar-refractivity contribution in [2.24, 2.45) is 0 Å². The van der Waals surface area contributed by atoms with Crippen LogP contribution in [0.25, 0.3) is 16.8 Å². The fourth-order valence-corrected chi connectivity index (χ4v) is 4.39. The van der Waals surface area contributed by atoms with E-state index in [0.717, 1.165) is 27.4 Å². The molecule has 0 unspecified atom stereocenters. The lowest BCUT2D eigenvalue weighted by Crippen LogP contribution is -2.46. The average Bonchev–Trinajstić information content (AvgIpc) is 3.06. The summed E-state index contributed by atoms with van der Waals surface area (Å²) in [5.41, 5.74) is 0.670. The second-order valence-electron chi connectivity index (χ2n) is 7.03. The molecule has 0 radical (unpaired) electrons. The van der Waals surface area contributed by atoms with Crippen LogP contribution in [-0.2, 0) is 14.3 Å². The van der Waals surface area contributed by atoms with Gasteiger partial charge in [0.05, 0.1) is 32.3 Å². The number of fused-ring (bicyclic) bond motifs is 1. The van der Waals surface area contributed by atoms with Crippen molar-refractivity contribution in [2.75, 3.05) is 47.1 Å². The lowest BCUT2D eigenvalue weighted by atomic mass is 10.0. The van der Waals surface area contributed by atoms with Crippen molar-refractivity contribution in [1.82, 2.24) is 9.80 Å². The number of carbonyl (C=O) groups is 3. The highest BCUT2D eigenvalue weighted by Gasteiger charge is 2.37. The molecule has 0 bridgehead atoms. The van der Waals surface area contributed by atoms with E-state index in [4.69, 9.17) is 14.2 Å². The molecule has 4 rings (SSSR count). The van der Waals surface area contributed by atoms with Crippen molar-refractivity contribution in [3.05, 3.63) is 40.8 Å². The van der Waals surface area contributed by atoms with E-state index in [9.17, 15) is 14.4 Å². The van der Waals surface area contributed by atoms with Gasteiger partial charge in [-0.25, -0.2) is 0 Å². The molecule has 0 atom stereocenters. The molecule has 0 saturated carbocycles. The maximum Gasteiger partial charge on any atom is 0.294 e. The summed E-state index contributed by atoms with van der Waals surface area (Å²) in [6.45, 7) is 1.55. The summed E-state index contributed by atoms with van der Waals surface area (Å²) in [6, 6.07) is 9.35. The Bertz CT molecular complexity index is 1070. The summed E-state index contributed by atoms with van der Waals surface area (Å²) < 4.78 is 16.1. The van der Waals surface area contributed by atoms with Gasteiger partial charge >= 0.3 is 0 Å². The molecule has 2 aromatic carbocycles. The van der Waals surface area contributed by atoms with E-state index in [0.29, 0.717) is 43.4 Å². The maximum atomic E-state index is 13.0. The molecular formula is C22H22N2O6S. The first-order chi connectivity index (χ1) is 15.0. The molecule has 2 fully saturated rings. The van der Waals surface area contributed by atoms with Gasteiger partial charge in [0.15, 0.2) is 0 Å². The number of hydrogen-bond acceptors (Lipinski definition) is 7. The number of nitrogens with zero attached hydrogens (tertiary/aromatic N) is 2. The number of hydrogen-bond donors (Lipinski definition) is 0. The minimum absolute atomic E-state index is 0.244. The van der Waals surface area contributed by atoms with Gasteiger partial charge in [0.1, 0.15) is 18.0 Å². The summed E-state index contributed by atoms with van der Waals surface area (Å²) in [5, 5.41) is 1.30. The zero-order valence-corrected chi connectivity index (χ0v) is 18.1. The van der Waals surface area contributed by atoms with Crippen LogP contribution in [0.2, 0.25) is 0 Å². The Hall–Kier alpha value is -3.04. The van der Waals surface area contributed by atoms with Gasteiger partial charge in [0, 0.05) is 18.7 Å². The molecule has 0 N–H and O–H groups in total. The lowest BCUT2D eigenvalue weighted by molar-refractivity contribution is -0.139. The van der Waals surface area contributed by atoms with Crippen molar-refractivity contribution in [1.29, 1.82) is 0 Å². The molecule has 162 valence electrons. The van der Waals surface area contributed by atoms with E-state index in [1.54, 1.807) is 25.2 Å². The third-order valence-electron chi connectivity index (χ3n) is 5.26. The monoisotopic (exact) mass is 442 g/mol. The van der Waals surface area contributed by atoms with E-state index >= 15 is 0 Å². The van der Waals surface area contributed by atoms with Crippen molar-refractivity contribution >= 4 is 45.7 Å². The number of thioether (sulfide) groups is 1. The Morgan fingerprint density at radius 3 is 2.58 bits per heavy atom. The smallest absolute Gasteiger partial charge is 0.294 e. The second kappa shape index (κ2) is 8.99. The Morgan fingerprint density at radius 1 is 1.13 bits per heavy atom. The fourth-order valence-electron chi connectivity index (χ4n) is 3.57. The first-order valence-corrected chi connectivity index (χ1v) is 10.6. The van der Waals surface area contributed by atoms with Crippen molar-refractivity contribution in [3.63, 3.8) is 0 Å². The first-order valence-electron chi connectivity index (χ1n) is 9.77. The van der Waals surface area contributed by atoms with E-state index in [-0.39, 0.29) is 17.4 Å². The molecule has 2 aliphatic heterocycles. The Labute approximate surface area is 183 Å². The summed E-state index contributed by atoms with van der Waals surface area (Å²) >= 11 is 0.819. The van der Waals surface area contributed by atoms with Gasteiger partial charge in [-0.2, -0.15) is 0 Å². The Kier molecular flexibility index (Phi) is 6.15. The van der Waals surface area contributed by atoms with Crippen LogP contribution in [0.15, 0.2) is 35.2 Å². The van der Waals surface area contributed by atoms with E-state index in [1.165, 1.54) is 0 Å². The van der Waals surface area contributed by atoms with Crippen LogP contribution in [0.1, 0.15) is 5.56 Å². The number of morpholine rings is 1. The third-order valence-corrected chi connectivity index (χ3v) is 6.16. The highest BCUT2D eigenvalue weighted by atomic mass is 32.2. The second-order valence-corrected chi connectivity index (χ2v) is 8.02. The Balaban J connectivity index is 1.64. The van der Waals surface area contributed by atoms with Gasteiger partial charge < -0.3 is 19.1 Å². The Morgan fingerprint density at radius 2 is 1.87 bits per heavy atom. The van der Waals surface area contributed by atoms with Crippen LogP contribution in [0.4, 0.5) is 4.79 Å². The number of benzene rings is 2.